The van der Waals surface area contributed by atoms with Crippen LogP contribution in [0.5, 0.6) is 0 Å². The zero-order chi connectivity index (χ0) is 16.4. The molecule has 7 heteroatoms. The summed E-state index contributed by atoms with van der Waals surface area (Å²) in [4.78, 5) is 17.8. The number of amides is 1. The number of carbonyl (C=O) groups is 1. The number of nitrogens with zero attached hydrogens (tertiary/aromatic N) is 3. The maximum atomic E-state index is 13.6. The van der Waals surface area contributed by atoms with Crippen molar-refractivity contribution in [1.82, 2.24) is 15.0 Å². The molecule has 2 heterocycles. The van der Waals surface area contributed by atoms with Gasteiger partial charge in [-0.1, -0.05) is 23.7 Å². The van der Waals surface area contributed by atoms with E-state index in [9.17, 15) is 9.18 Å². The van der Waals surface area contributed by atoms with E-state index >= 15 is 0 Å². The van der Waals surface area contributed by atoms with Gasteiger partial charge in [0.2, 0.25) is 17.6 Å². The number of likely N-dealkylation sites (tertiary alicyclic amines) is 1. The second-order valence-electron chi connectivity index (χ2n) is 5.86. The summed E-state index contributed by atoms with van der Waals surface area (Å²) in [6.07, 6.45) is 2.75. The zero-order valence-corrected chi connectivity index (χ0v) is 13.0. The molecular weight excluding hydrogens is 299 g/mol. The highest BCUT2D eigenvalue weighted by atomic mass is 19.1. The molecule has 1 aliphatic rings. The molecule has 1 fully saturated rings. The predicted octanol–water partition coefficient (Wildman–Crippen LogP) is 2.02. The van der Waals surface area contributed by atoms with E-state index in [0.29, 0.717) is 29.4 Å². The Labute approximate surface area is 133 Å². The van der Waals surface area contributed by atoms with Gasteiger partial charge in [0.25, 0.3) is 0 Å². The quantitative estimate of drug-likeness (QED) is 0.932. The van der Waals surface area contributed by atoms with E-state index in [1.807, 2.05) is 4.90 Å². The van der Waals surface area contributed by atoms with E-state index < -0.39 is 0 Å². The van der Waals surface area contributed by atoms with Gasteiger partial charge in [-0.2, -0.15) is 4.98 Å². The third-order valence-corrected chi connectivity index (χ3v) is 4.18. The number of carbonyl (C=O) groups excluding carboxylic acids is 1. The van der Waals surface area contributed by atoms with E-state index in [-0.39, 0.29) is 17.8 Å². The van der Waals surface area contributed by atoms with Gasteiger partial charge in [0.05, 0.1) is 12.6 Å². The number of benzene rings is 1. The van der Waals surface area contributed by atoms with Crippen LogP contribution in [0.4, 0.5) is 4.39 Å². The van der Waals surface area contributed by atoms with Crippen LogP contribution in [0.15, 0.2) is 22.7 Å². The minimum atomic E-state index is -0.329. The lowest BCUT2D eigenvalue weighted by Crippen LogP contribution is -2.47. The highest BCUT2D eigenvalue weighted by Gasteiger charge is 2.28. The standard InChI is InChI=1S/C16H19FN4O2/c1-10-5-6-11(8-12(10)17)16-19-14(23-20-16)9-21-7-3-2-4-13(21)15(18)22/h5-6,8,13H,2-4,7,9H2,1H3,(H2,18,22)/t13-/m1/s1. The lowest BCUT2D eigenvalue weighted by atomic mass is 10.0. The summed E-state index contributed by atoms with van der Waals surface area (Å²) in [5.74, 6) is 0.101. The van der Waals surface area contributed by atoms with Crippen LogP contribution in [-0.4, -0.2) is 33.5 Å². The number of hydrogen-bond donors (Lipinski definition) is 1. The maximum Gasteiger partial charge on any atom is 0.241 e. The van der Waals surface area contributed by atoms with E-state index in [4.69, 9.17) is 10.3 Å². The van der Waals surface area contributed by atoms with E-state index in [0.717, 1.165) is 25.8 Å². The normalized spacial score (nSPS) is 19.0. The van der Waals surface area contributed by atoms with Crippen molar-refractivity contribution in [3.8, 4) is 11.4 Å². The Bertz CT molecular complexity index is 716. The average Bonchev–Trinajstić information content (AvgIpc) is 2.99. The average molecular weight is 318 g/mol. The van der Waals surface area contributed by atoms with Crippen molar-refractivity contribution in [2.45, 2.75) is 38.8 Å². The first-order valence-corrected chi connectivity index (χ1v) is 7.67. The molecule has 0 spiro atoms. The predicted molar refractivity (Wildman–Crippen MR) is 81.7 cm³/mol. The fourth-order valence-corrected chi connectivity index (χ4v) is 2.84. The molecule has 1 amide bonds. The zero-order valence-electron chi connectivity index (χ0n) is 13.0. The van der Waals surface area contributed by atoms with Gasteiger partial charge in [-0.15, -0.1) is 0 Å². The first-order valence-electron chi connectivity index (χ1n) is 7.67. The van der Waals surface area contributed by atoms with Gasteiger partial charge in [-0.25, -0.2) is 4.39 Å². The van der Waals surface area contributed by atoms with E-state index in [2.05, 4.69) is 10.1 Å². The highest BCUT2D eigenvalue weighted by molar-refractivity contribution is 5.79. The molecule has 3 rings (SSSR count). The van der Waals surface area contributed by atoms with Crippen LogP contribution in [0.3, 0.4) is 0 Å². The van der Waals surface area contributed by atoms with Crippen molar-refractivity contribution >= 4 is 5.91 Å². The SMILES string of the molecule is Cc1ccc(-c2noc(CN3CCCC[C@@H]3C(N)=O)n2)cc1F. The smallest absolute Gasteiger partial charge is 0.241 e. The Kier molecular flexibility index (Phi) is 4.38. The molecule has 2 aromatic rings. The number of primary amides is 1. The van der Waals surface area contributed by atoms with Gasteiger partial charge in [-0.3, -0.25) is 9.69 Å². The Morgan fingerprint density at radius 2 is 2.30 bits per heavy atom. The first kappa shape index (κ1) is 15.6. The summed E-state index contributed by atoms with van der Waals surface area (Å²) in [6, 6.07) is 4.52. The van der Waals surface area contributed by atoms with Crippen LogP contribution in [0.1, 0.15) is 30.7 Å². The van der Waals surface area contributed by atoms with Crippen molar-refractivity contribution < 1.29 is 13.7 Å². The Morgan fingerprint density at radius 1 is 1.48 bits per heavy atom. The molecule has 0 aliphatic carbocycles. The molecule has 23 heavy (non-hydrogen) atoms. The van der Waals surface area contributed by atoms with Gasteiger partial charge >= 0.3 is 0 Å². The lowest BCUT2D eigenvalue weighted by molar-refractivity contribution is -0.124. The highest BCUT2D eigenvalue weighted by Crippen LogP contribution is 2.22. The number of halogens is 1. The molecule has 1 atom stereocenters. The molecule has 0 unspecified atom stereocenters. The monoisotopic (exact) mass is 318 g/mol. The van der Waals surface area contributed by atoms with Crippen molar-refractivity contribution in [3.63, 3.8) is 0 Å². The second kappa shape index (κ2) is 6.45. The number of hydrogen-bond acceptors (Lipinski definition) is 5. The van der Waals surface area contributed by atoms with Crippen LogP contribution >= 0.6 is 0 Å². The molecule has 1 aliphatic heterocycles. The number of rotatable bonds is 4. The lowest BCUT2D eigenvalue weighted by Gasteiger charge is -2.32. The summed E-state index contributed by atoms with van der Waals surface area (Å²) >= 11 is 0. The van der Waals surface area contributed by atoms with Crippen LogP contribution in [0, 0.1) is 12.7 Å². The summed E-state index contributed by atoms with van der Waals surface area (Å²) < 4.78 is 18.9. The van der Waals surface area contributed by atoms with Crippen LogP contribution in [0.25, 0.3) is 11.4 Å². The third-order valence-electron chi connectivity index (χ3n) is 4.18. The number of aromatic nitrogens is 2. The summed E-state index contributed by atoms with van der Waals surface area (Å²) in [5, 5.41) is 3.90. The fourth-order valence-electron chi connectivity index (χ4n) is 2.84. The largest absolute Gasteiger partial charge is 0.368 e. The fraction of sp³-hybridized carbons (Fsp3) is 0.438. The van der Waals surface area contributed by atoms with Gasteiger partial charge in [-0.05, 0) is 37.9 Å². The molecule has 1 aromatic heterocycles. The molecule has 1 saturated heterocycles. The molecule has 122 valence electrons. The molecule has 1 aromatic carbocycles. The van der Waals surface area contributed by atoms with Crippen molar-refractivity contribution in [1.29, 1.82) is 0 Å². The number of piperidine rings is 1. The van der Waals surface area contributed by atoms with Gasteiger partial charge in [0.15, 0.2) is 0 Å². The third kappa shape index (κ3) is 3.39. The van der Waals surface area contributed by atoms with Crippen molar-refractivity contribution in [2.75, 3.05) is 6.54 Å². The topological polar surface area (TPSA) is 85.3 Å². The molecule has 6 nitrogen and oxygen atoms in total. The molecule has 2 N–H and O–H groups in total. The summed E-state index contributed by atoms with van der Waals surface area (Å²) in [5.41, 5.74) is 6.58. The van der Waals surface area contributed by atoms with Crippen molar-refractivity contribution in [3.05, 3.63) is 35.5 Å². The van der Waals surface area contributed by atoms with Gasteiger partial charge in [0, 0.05) is 5.56 Å². The van der Waals surface area contributed by atoms with E-state index in [1.54, 1.807) is 19.1 Å². The molecule has 0 saturated carbocycles. The number of nitrogens with two attached hydrogens (primary N) is 1. The molecule has 0 bridgehead atoms. The second-order valence-corrected chi connectivity index (χ2v) is 5.86. The molecule has 0 radical (unpaired) electrons. The first-order chi connectivity index (χ1) is 11.0. The summed E-state index contributed by atoms with van der Waals surface area (Å²) in [7, 11) is 0. The maximum absolute atomic E-state index is 13.6. The van der Waals surface area contributed by atoms with Crippen LogP contribution in [-0.2, 0) is 11.3 Å². The molecular formula is C16H19FN4O2. The Balaban J connectivity index is 1.76. The minimum absolute atomic E-state index is 0.295. The minimum Gasteiger partial charge on any atom is -0.368 e. The van der Waals surface area contributed by atoms with Gasteiger partial charge < -0.3 is 10.3 Å². The van der Waals surface area contributed by atoms with Crippen molar-refractivity contribution in [2.24, 2.45) is 5.73 Å². The summed E-state index contributed by atoms with van der Waals surface area (Å²) in [6.45, 7) is 2.83. The van der Waals surface area contributed by atoms with Crippen LogP contribution in [0.2, 0.25) is 0 Å². The number of aryl methyl sites for hydroxylation is 1. The van der Waals surface area contributed by atoms with Gasteiger partial charge in [0.1, 0.15) is 5.82 Å². The van der Waals surface area contributed by atoms with Crippen LogP contribution < -0.4 is 5.73 Å². The Morgan fingerprint density at radius 3 is 3.04 bits per heavy atom. The van der Waals surface area contributed by atoms with E-state index in [1.165, 1.54) is 6.07 Å². The Hall–Kier alpha value is -2.28.